The molecular weight excluding hydrogens is 288 g/mol. The average molecular weight is 303 g/mol. The zero-order valence-electron chi connectivity index (χ0n) is 11.8. The Morgan fingerprint density at radius 1 is 1.29 bits per heavy atom. The maximum atomic E-state index is 11.9. The van der Waals surface area contributed by atoms with Crippen molar-refractivity contribution in [3.8, 4) is 0 Å². The number of amides is 1. The first-order chi connectivity index (χ1) is 10.1. The minimum absolute atomic E-state index is 0.329. The van der Waals surface area contributed by atoms with Crippen molar-refractivity contribution in [2.75, 3.05) is 0 Å². The number of hydrogen-bond donors (Lipinski definition) is 1. The topological polar surface area (TPSA) is 54.6 Å². The summed E-state index contributed by atoms with van der Waals surface area (Å²) >= 11 is 6.02. The Morgan fingerprint density at radius 3 is 2.62 bits per heavy atom. The van der Waals surface area contributed by atoms with Gasteiger partial charge in [-0.2, -0.15) is 5.10 Å². The van der Waals surface area contributed by atoms with E-state index in [-0.39, 0.29) is 5.91 Å². The molecule has 1 amide bonds. The number of carbonyl (C=O) groups is 1. The molecule has 0 fully saturated rings. The van der Waals surface area contributed by atoms with E-state index in [1.165, 1.54) is 6.21 Å². The molecule has 4 nitrogen and oxygen atoms in total. The SMILES string of the molecule is Cc1cc(C(=O)N/N=C\C(Cl)=C\c2ccccc2)c(C)o1. The van der Waals surface area contributed by atoms with Crippen LogP contribution in [0.1, 0.15) is 27.4 Å². The molecular formula is C16H15ClN2O2. The van der Waals surface area contributed by atoms with Gasteiger partial charge in [0.2, 0.25) is 0 Å². The number of hydrogen-bond acceptors (Lipinski definition) is 3. The second kappa shape index (κ2) is 6.90. The van der Waals surface area contributed by atoms with Gasteiger partial charge in [-0.25, -0.2) is 5.43 Å². The summed E-state index contributed by atoms with van der Waals surface area (Å²) in [5.41, 5.74) is 3.84. The molecule has 1 N–H and O–H groups in total. The van der Waals surface area contributed by atoms with Gasteiger partial charge in [0, 0.05) is 0 Å². The molecule has 0 radical (unpaired) electrons. The summed E-state index contributed by atoms with van der Waals surface area (Å²) in [4.78, 5) is 11.9. The van der Waals surface area contributed by atoms with Crippen LogP contribution in [0.3, 0.4) is 0 Å². The van der Waals surface area contributed by atoms with E-state index in [0.29, 0.717) is 22.1 Å². The molecule has 0 atom stereocenters. The Morgan fingerprint density at radius 2 is 2.00 bits per heavy atom. The zero-order valence-corrected chi connectivity index (χ0v) is 12.5. The lowest BCUT2D eigenvalue weighted by atomic mass is 10.2. The van der Waals surface area contributed by atoms with Crippen LogP contribution in [0.2, 0.25) is 0 Å². The Bertz CT molecular complexity index is 688. The van der Waals surface area contributed by atoms with Crippen molar-refractivity contribution in [2.45, 2.75) is 13.8 Å². The second-order valence-electron chi connectivity index (χ2n) is 4.47. The number of nitrogens with one attached hydrogen (secondary N) is 1. The molecule has 0 aliphatic carbocycles. The third-order valence-electron chi connectivity index (χ3n) is 2.74. The fourth-order valence-electron chi connectivity index (χ4n) is 1.81. The molecule has 0 saturated carbocycles. The molecule has 1 heterocycles. The number of halogens is 1. The molecule has 2 aromatic rings. The van der Waals surface area contributed by atoms with Gasteiger partial charge in [-0.05, 0) is 31.6 Å². The van der Waals surface area contributed by atoms with Crippen LogP contribution in [0.25, 0.3) is 6.08 Å². The van der Waals surface area contributed by atoms with Crippen molar-refractivity contribution < 1.29 is 9.21 Å². The zero-order chi connectivity index (χ0) is 15.2. The number of furan rings is 1. The van der Waals surface area contributed by atoms with Crippen molar-refractivity contribution >= 4 is 29.8 Å². The van der Waals surface area contributed by atoms with Crippen molar-refractivity contribution in [1.29, 1.82) is 0 Å². The standard InChI is InChI=1S/C16H15ClN2O2/c1-11-8-15(12(2)21-11)16(20)19-18-10-14(17)9-13-6-4-3-5-7-13/h3-10H,1-2H3,(H,19,20)/b14-9-,18-10-. The van der Waals surface area contributed by atoms with Gasteiger partial charge >= 0.3 is 0 Å². The van der Waals surface area contributed by atoms with Crippen LogP contribution in [0.15, 0.2) is 50.9 Å². The van der Waals surface area contributed by atoms with Gasteiger partial charge in [0.15, 0.2) is 0 Å². The molecule has 5 heteroatoms. The van der Waals surface area contributed by atoms with Crippen LogP contribution in [-0.2, 0) is 0 Å². The van der Waals surface area contributed by atoms with Crippen molar-refractivity contribution in [2.24, 2.45) is 5.10 Å². The Labute approximate surface area is 128 Å². The number of hydrazone groups is 1. The molecule has 21 heavy (non-hydrogen) atoms. The maximum Gasteiger partial charge on any atom is 0.274 e. The van der Waals surface area contributed by atoms with E-state index < -0.39 is 0 Å². The predicted octanol–water partition coefficient (Wildman–Crippen LogP) is 3.89. The minimum Gasteiger partial charge on any atom is -0.466 e. The molecule has 0 aliphatic rings. The third-order valence-corrected chi connectivity index (χ3v) is 2.95. The molecule has 0 unspecified atom stereocenters. The number of allylic oxidation sites excluding steroid dienone is 1. The average Bonchev–Trinajstić information content (AvgIpc) is 2.79. The van der Waals surface area contributed by atoms with Gasteiger partial charge in [-0.1, -0.05) is 41.9 Å². The van der Waals surface area contributed by atoms with E-state index in [1.54, 1.807) is 26.0 Å². The van der Waals surface area contributed by atoms with Crippen LogP contribution in [0.5, 0.6) is 0 Å². The lowest BCUT2D eigenvalue weighted by molar-refractivity contribution is 0.0953. The van der Waals surface area contributed by atoms with E-state index in [4.69, 9.17) is 16.0 Å². The quantitative estimate of drug-likeness (QED) is 0.688. The molecule has 108 valence electrons. The predicted molar refractivity (Wildman–Crippen MR) is 84.4 cm³/mol. The fourth-order valence-corrected chi connectivity index (χ4v) is 1.99. The summed E-state index contributed by atoms with van der Waals surface area (Å²) in [6, 6.07) is 11.3. The number of benzene rings is 1. The molecule has 1 aromatic carbocycles. The molecule has 2 rings (SSSR count). The Balaban J connectivity index is 1.97. The molecule has 0 bridgehead atoms. The van der Waals surface area contributed by atoms with Crippen molar-refractivity contribution in [3.05, 3.63) is 64.1 Å². The van der Waals surface area contributed by atoms with Gasteiger partial charge in [-0.3, -0.25) is 4.79 Å². The van der Waals surface area contributed by atoms with Gasteiger partial charge in [0.25, 0.3) is 5.91 Å². The minimum atomic E-state index is -0.329. The Hall–Kier alpha value is -2.33. The van der Waals surface area contributed by atoms with Crippen LogP contribution in [-0.4, -0.2) is 12.1 Å². The maximum absolute atomic E-state index is 11.9. The van der Waals surface area contributed by atoms with Gasteiger partial charge in [-0.15, -0.1) is 0 Å². The first-order valence-corrected chi connectivity index (χ1v) is 6.77. The second-order valence-corrected chi connectivity index (χ2v) is 4.90. The highest BCUT2D eigenvalue weighted by Crippen LogP contribution is 2.13. The summed E-state index contributed by atoms with van der Waals surface area (Å²) in [5.74, 6) is 0.916. The van der Waals surface area contributed by atoms with E-state index in [0.717, 1.165) is 5.56 Å². The smallest absolute Gasteiger partial charge is 0.274 e. The first-order valence-electron chi connectivity index (χ1n) is 6.39. The molecule has 0 saturated heterocycles. The highest BCUT2D eigenvalue weighted by atomic mass is 35.5. The van der Waals surface area contributed by atoms with Crippen LogP contribution in [0.4, 0.5) is 0 Å². The summed E-state index contributed by atoms with van der Waals surface area (Å²) in [6.07, 6.45) is 3.14. The van der Waals surface area contributed by atoms with Crippen LogP contribution in [0, 0.1) is 13.8 Å². The lowest BCUT2D eigenvalue weighted by Gasteiger charge is -1.97. The number of carbonyl (C=O) groups excluding carboxylic acids is 1. The number of aryl methyl sites for hydroxylation is 2. The lowest BCUT2D eigenvalue weighted by Crippen LogP contribution is -2.17. The highest BCUT2D eigenvalue weighted by molar-refractivity contribution is 6.41. The number of rotatable bonds is 4. The van der Waals surface area contributed by atoms with Gasteiger partial charge in [0.05, 0.1) is 16.8 Å². The third kappa shape index (κ3) is 4.33. The molecule has 0 spiro atoms. The van der Waals surface area contributed by atoms with E-state index >= 15 is 0 Å². The largest absolute Gasteiger partial charge is 0.466 e. The highest BCUT2D eigenvalue weighted by Gasteiger charge is 2.12. The van der Waals surface area contributed by atoms with Gasteiger partial charge < -0.3 is 4.42 Å². The summed E-state index contributed by atoms with van der Waals surface area (Å²) in [7, 11) is 0. The summed E-state index contributed by atoms with van der Waals surface area (Å²) in [6.45, 7) is 3.51. The summed E-state index contributed by atoms with van der Waals surface area (Å²) in [5, 5.41) is 4.25. The first kappa shape index (κ1) is 15.1. The van der Waals surface area contributed by atoms with Crippen molar-refractivity contribution in [3.63, 3.8) is 0 Å². The molecule has 0 aliphatic heterocycles. The van der Waals surface area contributed by atoms with Crippen LogP contribution < -0.4 is 5.43 Å². The normalized spacial score (nSPS) is 11.9. The van der Waals surface area contributed by atoms with E-state index in [2.05, 4.69) is 10.5 Å². The van der Waals surface area contributed by atoms with Gasteiger partial charge in [0.1, 0.15) is 11.5 Å². The summed E-state index contributed by atoms with van der Waals surface area (Å²) < 4.78 is 5.29. The molecule has 1 aromatic heterocycles. The Kier molecular flexibility index (Phi) is 4.95. The number of nitrogens with zero attached hydrogens (tertiary/aromatic N) is 1. The fraction of sp³-hybridized carbons (Fsp3) is 0.125. The van der Waals surface area contributed by atoms with Crippen molar-refractivity contribution in [1.82, 2.24) is 5.43 Å². The van der Waals surface area contributed by atoms with E-state index in [9.17, 15) is 4.79 Å². The monoisotopic (exact) mass is 302 g/mol. The van der Waals surface area contributed by atoms with E-state index in [1.807, 2.05) is 30.3 Å². The van der Waals surface area contributed by atoms with Crippen LogP contribution >= 0.6 is 11.6 Å².